The Bertz CT molecular complexity index is 1290. The van der Waals surface area contributed by atoms with E-state index in [0.29, 0.717) is 47.4 Å². The van der Waals surface area contributed by atoms with E-state index in [9.17, 15) is 14.4 Å². The van der Waals surface area contributed by atoms with E-state index in [0.717, 1.165) is 38.1 Å². The number of aliphatic carboxylic acids is 2. The zero-order valence-corrected chi connectivity index (χ0v) is 21.7. The molecule has 0 unspecified atom stereocenters. The van der Waals surface area contributed by atoms with E-state index in [1.807, 2.05) is 18.2 Å². The van der Waals surface area contributed by atoms with Crippen molar-refractivity contribution in [1.29, 1.82) is 0 Å². The fourth-order valence-electron chi connectivity index (χ4n) is 3.56. The molecule has 1 fully saturated rings. The van der Waals surface area contributed by atoms with Crippen LogP contribution in [0.3, 0.4) is 0 Å². The number of fused-ring (bicyclic) bond motifs is 1. The average Bonchev–Trinajstić information content (AvgIpc) is 2.93. The molecule has 1 saturated heterocycles. The highest BCUT2D eigenvalue weighted by molar-refractivity contribution is 6.04. The third-order valence-electron chi connectivity index (χ3n) is 5.74. The van der Waals surface area contributed by atoms with Crippen LogP contribution in [0.15, 0.2) is 60.7 Å². The molecule has 0 saturated carbocycles. The molecule has 1 aromatic carbocycles. The van der Waals surface area contributed by atoms with E-state index in [1.54, 1.807) is 37.4 Å². The number of aromatic nitrogens is 2. The van der Waals surface area contributed by atoms with Gasteiger partial charge in [0, 0.05) is 61.9 Å². The van der Waals surface area contributed by atoms with Gasteiger partial charge in [-0.25, -0.2) is 14.6 Å². The number of anilines is 1. The first kappa shape index (κ1) is 29.0. The molecule has 1 aliphatic rings. The summed E-state index contributed by atoms with van der Waals surface area (Å²) in [4.78, 5) is 45.3. The summed E-state index contributed by atoms with van der Waals surface area (Å²) in [6.45, 7) is 5.75. The summed E-state index contributed by atoms with van der Waals surface area (Å²) < 4.78 is 11.0. The molecular weight excluding hydrogens is 506 g/mol. The molecule has 0 radical (unpaired) electrons. The summed E-state index contributed by atoms with van der Waals surface area (Å²) in [5.74, 6) is -1.08. The number of carbonyl (C=O) groups excluding carboxylic acids is 1. The molecule has 1 aliphatic heterocycles. The van der Waals surface area contributed by atoms with E-state index in [4.69, 9.17) is 19.7 Å². The third kappa shape index (κ3) is 9.68. The van der Waals surface area contributed by atoms with Gasteiger partial charge in [0.15, 0.2) is 5.65 Å². The van der Waals surface area contributed by atoms with E-state index < -0.39 is 11.9 Å². The van der Waals surface area contributed by atoms with Crippen LogP contribution in [-0.2, 0) is 9.59 Å². The number of hydrogen-bond donors (Lipinski definition) is 3. The molecule has 4 rings (SSSR count). The number of piperazine rings is 1. The van der Waals surface area contributed by atoms with Crippen LogP contribution in [0.4, 0.5) is 5.82 Å². The summed E-state index contributed by atoms with van der Waals surface area (Å²) in [6, 6.07) is 14.3. The zero-order valence-electron chi connectivity index (χ0n) is 21.7. The molecule has 2 aromatic heterocycles. The maximum atomic E-state index is 12.5. The molecule has 0 atom stereocenters. The number of benzene rings is 1. The predicted octanol–water partition coefficient (Wildman–Crippen LogP) is 2.23. The van der Waals surface area contributed by atoms with Crippen LogP contribution in [0.2, 0.25) is 0 Å². The highest BCUT2D eigenvalue weighted by Crippen LogP contribution is 2.18. The van der Waals surface area contributed by atoms with Crippen LogP contribution in [0.5, 0.6) is 11.6 Å². The fourth-order valence-corrected chi connectivity index (χ4v) is 3.56. The Labute approximate surface area is 225 Å². The highest BCUT2D eigenvalue weighted by Gasteiger charge is 2.13. The lowest BCUT2D eigenvalue weighted by atomic mass is 10.2. The minimum absolute atomic E-state index is 0.242. The number of nitrogens with one attached hydrogen (secondary N) is 1. The van der Waals surface area contributed by atoms with E-state index in [1.165, 1.54) is 0 Å². The summed E-state index contributed by atoms with van der Waals surface area (Å²) >= 11 is 0. The van der Waals surface area contributed by atoms with E-state index >= 15 is 0 Å². The number of carbonyl (C=O) groups is 3. The SMILES string of the molecule is COc1ccc(C(=O)Nc2ccc3ccc(OCCN4CCN(C)CC4)nc3n2)cc1.O=C(O)/C=C/C(=O)O. The number of carboxylic acid groups (broad SMARTS) is 2. The molecule has 0 spiro atoms. The van der Waals surface area contributed by atoms with E-state index in [2.05, 4.69) is 32.1 Å². The smallest absolute Gasteiger partial charge is 0.328 e. The van der Waals surface area contributed by atoms with Gasteiger partial charge in [-0.15, -0.1) is 0 Å². The highest BCUT2D eigenvalue weighted by atomic mass is 16.5. The van der Waals surface area contributed by atoms with Crippen LogP contribution in [-0.4, -0.2) is 101 Å². The Morgan fingerprint density at radius 2 is 1.56 bits per heavy atom. The van der Waals surface area contributed by atoms with Gasteiger partial charge in [0.2, 0.25) is 5.88 Å². The molecule has 206 valence electrons. The average molecular weight is 538 g/mol. The Hall–Kier alpha value is -4.55. The third-order valence-corrected chi connectivity index (χ3v) is 5.74. The predicted molar refractivity (Wildman–Crippen MR) is 144 cm³/mol. The second-order valence-electron chi connectivity index (χ2n) is 8.58. The van der Waals surface area contributed by atoms with Gasteiger partial charge in [-0.1, -0.05) is 0 Å². The normalized spacial score (nSPS) is 13.9. The Morgan fingerprint density at radius 3 is 2.18 bits per heavy atom. The van der Waals surface area contributed by atoms with E-state index in [-0.39, 0.29) is 5.91 Å². The second kappa shape index (κ2) is 14.4. The van der Waals surface area contributed by atoms with Gasteiger partial charge >= 0.3 is 11.9 Å². The first-order valence-corrected chi connectivity index (χ1v) is 12.1. The Kier molecular flexibility index (Phi) is 10.7. The lowest BCUT2D eigenvalue weighted by Crippen LogP contribution is -2.45. The first-order valence-electron chi connectivity index (χ1n) is 12.1. The number of pyridine rings is 2. The van der Waals surface area contributed by atoms with Gasteiger partial charge in [-0.05, 0) is 49.5 Å². The number of amides is 1. The molecule has 0 bridgehead atoms. The van der Waals surface area contributed by atoms with Gasteiger partial charge < -0.3 is 29.9 Å². The van der Waals surface area contributed by atoms with Crippen molar-refractivity contribution in [2.75, 3.05) is 58.8 Å². The first-order chi connectivity index (χ1) is 18.7. The van der Waals surface area contributed by atoms with Crippen LogP contribution in [0.1, 0.15) is 10.4 Å². The number of rotatable bonds is 9. The van der Waals surface area contributed by atoms with Gasteiger partial charge in [0.05, 0.1) is 7.11 Å². The molecule has 12 nitrogen and oxygen atoms in total. The number of methoxy groups -OCH3 is 1. The number of likely N-dealkylation sites (N-methyl/N-ethyl adjacent to an activating group) is 1. The number of ether oxygens (including phenoxy) is 2. The largest absolute Gasteiger partial charge is 0.497 e. The van der Waals surface area contributed by atoms with Crippen LogP contribution in [0, 0.1) is 0 Å². The Morgan fingerprint density at radius 1 is 0.923 bits per heavy atom. The Balaban J connectivity index is 0.000000459. The molecule has 12 heteroatoms. The summed E-state index contributed by atoms with van der Waals surface area (Å²) in [5, 5.41) is 19.3. The maximum absolute atomic E-state index is 12.5. The minimum Gasteiger partial charge on any atom is -0.497 e. The van der Waals surface area contributed by atoms with Gasteiger partial charge in [0.1, 0.15) is 18.2 Å². The van der Waals surface area contributed by atoms with Crippen LogP contribution in [0.25, 0.3) is 11.0 Å². The molecule has 0 aliphatic carbocycles. The molecule has 3 heterocycles. The van der Waals surface area contributed by atoms with Crippen molar-refractivity contribution in [2.24, 2.45) is 0 Å². The molecule has 3 aromatic rings. The van der Waals surface area contributed by atoms with Crippen molar-refractivity contribution in [2.45, 2.75) is 0 Å². The number of nitrogens with zero attached hydrogens (tertiary/aromatic N) is 4. The minimum atomic E-state index is -1.26. The van der Waals surface area contributed by atoms with Gasteiger partial charge in [-0.2, -0.15) is 4.98 Å². The monoisotopic (exact) mass is 537 g/mol. The summed E-state index contributed by atoms with van der Waals surface area (Å²) in [5.41, 5.74) is 1.06. The topological polar surface area (TPSA) is 154 Å². The van der Waals surface area contributed by atoms with Crippen LogP contribution < -0.4 is 14.8 Å². The lowest BCUT2D eigenvalue weighted by molar-refractivity contribution is -0.134. The number of carboxylic acids is 2. The van der Waals surface area contributed by atoms with Crippen molar-refractivity contribution in [3.05, 3.63) is 66.2 Å². The molecule has 39 heavy (non-hydrogen) atoms. The van der Waals surface area contributed by atoms with Crippen molar-refractivity contribution >= 4 is 34.7 Å². The molecule has 1 amide bonds. The summed E-state index contributed by atoms with van der Waals surface area (Å²) in [7, 11) is 3.74. The molecular formula is C27H31N5O7. The van der Waals surface area contributed by atoms with Crippen molar-refractivity contribution in [3.8, 4) is 11.6 Å². The fraction of sp³-hybridized carbons (Fsp3) is 0.296. The quantitative estimate of drug-likeness (QED) is 0.344. The standard InChI is InChI=1S/C23H27N5O3.C4H4O4/c1-27-11-13-28(14-12-27)15-16-31-21-10-6-17-5-9-20(24-22(17)26-21)25-23(29)18-3-7-19(30-2)8-4-18;5-3(6)1-2-4(7)8/h3-10H,11-16H2,1-2H3,(H,24,25,26,29);1-2H,(H,5,6)(H,7,8)/b;2-1+. The summed E-state index contributed by atoms with van der Waals surface area (Å²) in [6.07, 6.45) is 1.12. The van der Waals surface area contributed by atoms with Crippen molar-refractivity contribution in [3.63, 3.8) is 0 Å². The lowest BCUT2D eigenvalue weighted by Gasteiger charge is -2.32. The second-order valence-corrected chi connectivity index (χ2v) is 8.58. The van der Waals surface area contributed by atoms with Crippen molar-refractivity contribution < 1.29 is 34.1 Å². The van der Waals surface area contributed by atoms with Gasteiger partial charge in [0.25, 0.3) is 5.91 Å². The molecule has 3 N–H and O–H groups in total. The van der Waals surface area contributed by atoms with Crippen LogP contribution >= 0.6 is 0 Å². The van der Waals surface area contributed by atoms with Crippen molar-refractivity contribution in [1.82, 2.24) is 19.8 Å². The van der Waals surface area contributed by atoms with Gasteiger partial charge in [-0.3, -0.25) is 9.69 Å². The number of hydrogen-bond acceptors (Lipinski definition) is 9. The zero-order chi connectivity index (χ0) is 28.2. The maximum Gasteiger partial charge on any atom is 0.328 e.